The highest BCUT2D eigenvalue weighted by Gasteiger charge is 2.41. The van der Waals surface area contributed by atoms with Crippen LogP contribution in [0, 0.1) is 11.8 Å². The zero-order valence-corrected chi connectivity index (χ0v) is 13.3. The third kappa shape index (κ3) is 2.80. The fourth-order valence-corrected chi connectivity index (χ4v) is 3.69. The molecule has 1 aromatic rings. The maximum absolute atomic E-state index is 12.6. The first kappa shape index (κ1) is 15.2. The first-order valence-corrected chi connectivity index (χ1v) is 8.26. The maximum Gasteiger partial charge on any atom is 0.251 e. The number of hydrogen-bond donors (Lipinski definition) is 1. The van der Waals surface area contributed by atoms with Crippen molar-refractivity contribution >= 4 is 17.5 Å². The Hall–Kier alpha value is -1.68. The van der Waals surface area contributed by atoms with Crippen molar-refractivity contribution in [1.82, 2.24) is 5.32 Å². The third-order valence-electron chi connectivity index (χ3n) is 5.28. The number of carbonyl (C=O) groups excluding carboxylic acids is 2. The van der Waals surface area contributed by atoms with E-state index in [1.54, 1.807) is 0 Å². The van der Waals surface area contributed by atoms with E-state index >= 15 is 0 Å². The molecule has 1 N–H and O–H groups in total. The van der Waals surface area contributed by atoms with Gasteiger partial charge in [0.25, 0.3) is 5.91 Å². The van der Waals surface area contributed by atoms with Crippen molar-refractivity contribution in [2.75, 3.05) is 4.90 Å². The summed E-state index contributed by atoms with van der Waals surface area (Å²) in [7, 11) is 0. The smallest absolute Gasteiger partial charge is 0.251 e. The van der Waals surface area contributed by atoms with Crippen LogP contribution in [0.1, 0.15) is 39.5 Å². The van der Waals surface area contributed by atoms with Crippen molar-refractivity contribution < 1.29 is 9.59 Å². The van der Waals surface area contributed by atoms with Crippen molar-refractivity contribution in [2.24, 2.45) is 11.8 Å². The Morgan fingerprint density at radius 3 is 2.55 bits per heavy atom. The van der Waals surface area contributed by atoms with Gasteiger partial charge in [0.05, 0.1) is 18.2 Å². The van der Waals surface area contributed by atoms with Crippen LogP contribution in [0.2, 0.25) is 0 Å². The van der Waals surface area contributed by atoms with Crippen LogP contribution in [0.4, 0.5) is 5.69 Å². The minimum absolute atomic E-state index is 0.106. The van der Waals surface area contributed by atoms with Gasteiger partial charge in [0.15, 0.2) is 0 Å². The highest BCUT2D eigenvalue weighted by molar-refractivity contribution is 6.22. The molecule has 4 atom stereocenters. The molecule has 2 fully saturated rings. The van der Waals surface area contributed by atoms with E-state index in [2.05, 4.69) is 19.2 Å². The lowest BCUT2D eigenvalue weighted by Crippen LogP contribution is -2.48. The van der Waals surface area contributed by atoms with E-state index in [1.807, 2.05) is 30.3 Å². The number of hydrogen-bond acceptors (Lipinski definition) is 3. The average molecular weight is 300 g/mol. The first-order valence-electron chi connectivity index (χ1n) is 8.26. The van der Waals surface area contributed by atoms with Crippen LogP contribution >= 0.6 is 0 Å². The molecule has 4 heteroatoms. The minimum atomic E-state index is -0.370. The van der Waals surface area contributed by atoms with E-state index in [9.17, 15) is 9.59 Å². The van der Waals surface area contributed by atoms with Crippen LogP contribution in [0.5, 0.6) is 0 Å². The lowest BCUT2D eigenvalue weighted by Gasteiger charge is -2.36. The lowest BCUT2D eigenvalue weighted by molar-refractivity contribution is -0.121. The molecule has 2 aliphatic rings. The first-order chi connectivity index (χ1) is 10.6. The molecule has 0 spiro atoms. The number of anilines is 1. The quantitative estimate of drug-likeness (QED) is 0.873. The molecule has 22 heavy (non-hydrogen) atoms. The number of nitrogens with one attached hydrogen (secondary N) is 1. The number of carbonyl (C=O) groups is 2. The summed E-state index contributed by atoms with van der Waals surface area (Å²) in [6.07, 6.45) is 3.81. The fraction of sp³-hybridized carbons (Fsp3) is 0.556. The van der Waals surface area contributed by atoms with E-state index in [4.69, 9.17) is 0 Å². The van der Waals surface area contributed by atoms with Gasteiger partial charge in [-0.3, -0.25) is 9.59 Å². The Bertz CT molecular complexity index is 557. The fourth-order valence-electron chi connectivity index (χ4n) is 3.69. The molecule has 0 bridgehead atoms. The van der Waals surface area contributed by atoms with Gasteiger partial charge in [-0.05, 0) is 30.4 Å². The monoisotopic (exact) mass is 300 g/mol. The van der Waals surface area contributed by atoms with Crippen molar-refractivity contribution in [1.29, 1.82) is 0 Å². The molecule has 1 saturated carbocycles. The molecule has 4 nitrogen and oxygen atoms in total. The normalized spacial score (nSPS) is 32.5. The van der Waals surface area contributed by atoms with E-state index in [0.717, 1.165) is 6.42 Å². The molecule has 3 rings (SSSR count). The van der Waals surface area contributed by atoms with Crippen molar-refractivity contribution in [3.05, 3.63) is 30.3 Å². The molecule has 1 aliphatic heterocycles. The van der Waals surface area contributed by atoms with Crippen molar-refractivity contribution in [2.45, 2.75) is 51.6 Å². The van der Waals surface area contributed by atoms with E-state index < -0.39 is 0 Å². The van der Waals surface area contributed by atoms with Gasteiger partial charge in [-0.15, -0.1) is 0 Å². The molecule has 118 valence electrons. The Kier molecular flexibility index (Phi) is 4.30. The Morgan fingerprint density at radius 2 is 1.82 bits per heavy atom. The van der Waals surface area contributed by atoms with Gasteiger partial charge in [0.1, 0.15) is 0 Å². The van der Waals surface area contributed by atoms with Crippen LogP contribution < -0.4 is 10.2 Å². The summed E-state index contributed by atoms with van der Waals surface area (Å²) < 4.78 is 0. The second kappa shape index (κ2) is 6.21. The number of para-hydroxylation sites is 1. The van der Waals surface area contributed by atoms with Gasteiger partial charge >= 0.3 is 0 Å². The second-order valence-corrected chi connectivity index (χ2v) is 6.70. The zero-order valence-electron chi connectivity index (χ0n) is 13.3. The average Bonchev–Trinajstić information content (AvgIpc) is 2.79. The minimum Gasteiger partial charge on any atom is -0.302 e. The maximum atomic E-state index is 12.6. The number of rotatable bonds is 3. The van der Waals surface area contributed by atoms with Crippen molar-refractivity contribution in [3.63, 3.8) is 0 Å². The predicted octanol–water partition coefficient (Wildman–Crippen LogP) is 2.73. The largest absolute Gasteiger partial charge is 0.302 e. The Morgan fingerprint density at radius 1 is 1.09 bits per heavy atom. The predicted molar refractivity (Wildman–Crippen MR) is 86.4 cm³/mol. The summed E-state index contributed by atoms with van der Waals surface area (Å²) in [5.41, 5.74) is 0.673. The molecule has 0 aromatic heterocycles. The lowest BCUT2D eigenvalue weighted by atomic mass is 9.78. The summed E-state index contributed by atoms with van der Waals surface area (Å²) in [6.45, 7) is 4.52. The summed E-state index contributed by atoms with van der Waals surface area (Å²) >= 11 is 0. The zero-order chi connectivity index (χ0) is 15.7. The van der Waals surface area contributed by atoms with Crippen LogP contribution in [0.25, 0.3) is 0 Å². The molecule has 1 heterocycles. The van der Waals surface area contributed by atoms with Gasteiger partial charge in [0.2, 0.25) is 5.91 Å². The Balaban J connectivity index is 1.72. The summed E-state index contributed by atoms with van der Waals surface area (Å²) in [5, 5.41) is 3.47. The number of nitrogens with zero attached hydrogens (tertiary/aromatic N) is 1. The third-order valence-corrected chi connectivity index (χ3v) is 5.28. The standard InChI is InChI=1S/C18H24N2O2/c1-12-7-6-10-15(13(12)2)19-16-11-17(21)20(18(16)22)14-8-4-3-5-9-14/h3-5,8-9,12-13,15-16,19H,6-7,10-11H2,1-2H3/t12-,13+,15-,16+/m0/s1. The molecule has 2 amide bonds. The summed E-state index contributed by atoms with van der Waals surface area (Å²) in [6, 6.07) is 9.16. The van der Waals surface area contributed by atoms with Gasteiger partial charge in [-0.25, -0.2) is 4.90 Å². The topological polar surface area (TPSA) is 49.4 Å². The second-order valence-electron chi connectivity index (χ2n) is 6.70. The summed E-state index contributed by atoms with van der Waals surface area (Å²) in [5.74, 6) is 0.998. The molecule has 0 radical (unpaired) electrons. The van der Waals surface area contributed by atoms with Gasteiger partial charge in [-0.2, -0.15) is 0 Å². The van der Waals surface area contributed by atoms with Crippen LogP contribution in [0.15, 0.2) is 30.3 Å². The number of amides is 2. The van der Waals surface area contributed by atoms with Gasteiger partial charge in [-0.1, -0.05) is 44.9 Å². The summed E-state index contributed by atoms with van der Waals surface area (Å²) in [4.78, 5) is 26.2. The van der Waals surface area contributed by atoms with Crippen LogP contribution in [-0.4, -0.2) is 23.9 Å². The van der Waals surface area contributed by atoms with Gasteiger partial charge in [0, 0.05) is 6.04 Å². The van der Waals surface area contributed by atoms with Crippen molar-refractivity contribution in [3.8, 4) is 0 Å². The number of benzene rings is 1. The molecular weight excluding hydrogens is 276 g/mol. The van der Waals surface area contributed by atoms with E-state index in [-0.39, 0.29) is 24.3 Å². The van der Waals surface area contributed by atoms with Crippen LogP contribution in [0.3, 0.4) is 0 Å². The van der Waals surface area contributed by atoms with E-state index in [1.165, 1.54) is 17.7 Å². The van der Waals surface area contributed by atoms with E-state index in [0.29, 0.717) is 23.6 Å². The molecule has 0 unspecified atom stereocenters. The highest BCUT2D eigenvalue weighted by Crippen LogP contribution is 2.31. The molecular formula is C18H24N2O2. The van der Waals surface area contributed by atoms with Crippen LogP contribution in [-0.2, 0) is 9.59 Å². The molecule has 1 aromatic carbocycles. The SMILES string of the molecule is C[C@H]1[C@@H](N[C@@H]2CC(=O)N(c3ccccc3)C2=O)CCC[C@@H]1C. The highest BCUT2D eigenvalue weighted by atomic mass is 16.2. The number of imide groups is 1. The van der Waals surface area contributed by atoms with Gasteiger partial charge < -0.3 is 5.32 Å². The Labute approximate surface area is 131 Å². The molecule has 1 aliphatic carbocycles. The molecule has 1 saturated heterocycles.